The van der Waals surface area contributed by atoms with Crippen LogP contribution in [-0.4, -0.2) is 29.8 Å². The number of carboxylic acids is 1. The summed E-state index contributed by atoms with van der Waals surface area (Å²) < 4.78 is 11.4. The number of aliphatic carboxylic acids is 1. The number of para-hydroxylation sites is 1. The number of carboxylic acid groups (broad SMARTS) is 1. The third kappa shape index (κ3) is 5.07. The van der Waals surface area contributed by atoms with Gasteiger partial charge in [-0.3, -0.25) is 0 Å². The lowest BCUT2D eigenvalue weighted by Gasteiger charge is -2.32. The molecule has 1 N–H and O–H groups in total. The zero-order valence-corrected chi connectivity index (χ0v) is 20.7. The highest BCUT2D eigenvalue weighted by Crippen LogP contribution is 2.48. The molecule has 0 unspecified atom stereocenters. The van der Waals surface area contributed by atoms with Crippen LogP contribution in [-0.2, 0) is 4.79 Å². The Morgan fingerprint density at radius 3 is 2.38 bits per heavy atom. The summed E-state index contributed by atoms with van der Waals surface area (Å²) in [5, 5.41) is 9.20. The number of hydrogen-bond donors (Lipinski definition) is 1. The molecule has 3 aromatic carbocycles. The number of benzene rings is 3. The van der Waals surface area contributed by atoms with Gasteiger partial charge in [-0.1, -0.05) is 30.0 Å². The van der Waals surface area contributed by atoms with Gasteiger partial charge < -0.3 is 19.5 Å². The van der Waals surface area contributed by atoms with E-state index in [0.29, 0.717) is 18.1 Å². The van der Waals surface area contributed by atoms with Gasteiger partial charge in [0.1, 0.15) is 18.1 Å². The van der Waals surface area contributed by atoms with Gasteiger partial charge in [-0.05, 0) is 93.4 Å². The summed E-state index contributed by atoms with van der Waals surface area (Å²) in [6.45, 7) is 8.65. The first-order valence-electron chi connectivity index (χ1n) is 11.3. The van der Waals surface area contributed by atoms with E-state index in [1.54, 1.807) is 24.3 Å². The minimum absolute atomic E-state index is 0.429. The Bertz CT molecular complexity index is 1220. The number of nitrogens with zero attached hydrogens (tertiary/aromatic N) is 1. The molecule has 176 valence electrons. The van der Waals surface area contributed by atoms with Crippen molar-refractivity contribution in [1.82, 2.24) is 0 Å². The minimum Gasteiger partial charge on any atom is -0.490 e. The molecule has 1 aliphatic rings. The number of carbonyl (C=O) groups is 1. The van der Waals surface area contributed by atoms with Crippen molar-refractivity contribution >= 4 is 34.7 Å². The van der Waals surface area contributed by atoms with Crippen molar-refractivity contribution in [3.05, 3.63) is 78.4 Å². The van der Waals surface area contributed by atoms with Gasteiger partial charge in [-0.25, -0.2) is 4.79 Å². The maximum atomic E-state index is 11.2. The summed E-state index contributed by atoms with van der Waals surface area (Å²) in [7, 11) is 0. The van der Waals surface area contributed by atoms with Crippen LogP contribution < -0.4 is 14.4 Å². The molecule has 1 aliphatic heterocycles. The Kier molecular flexibility index (Phi) is 6.89. The quantitative estimate of drug-likeness (QED) is 0.377. The van der Waals surface area contributed by atoms with Crippen molar-refractivity contribution in [2.24, 2.45) is 0 Å². The van der Waals surface area contributed by atoms with Gasteiger partial charge in [0.25, 0.3) is 0 Å². The Morgan fingerprint density at radius 1 is 1.00 bits per heavy atom. The van der Waals surface area contributed by atoms with E-state index in [2.05, 4.69) is 67.3 Å². The van der Waals surface area contributed by atoms with Crippen LogP contribution in [0.25, 0.3) is 5.57 Å². The fourth-order valence-corrected chi connectivity index (χ4v) is 4.81. The molecule has 0 amide bonds. The largest absolute Gasteiger partial charge is 0.490 e. The fourth-order valence-electron chi connectivity index (χ4n) is 3.74. The smallest absolute Gasteiger partial charge is 0.347 e. The van der Waals surface area contributed by atoms with Crippen molar-refractivity contribution < 1.29 is 19.4 Å². The Hall–Kier alpha value is -3.38. The molecule has 0 bridgehead atoms. The van der Waals surface area contributed by atoms with Gasteiger partial charge in [0.15, 0.2) is 5.60 Å². The van der Waals surface area contributed by atoms with Gasteiger partial charge in [-0.15, -0.1) is 0 Å². The predicted octanol–water partition coefficient (Wildman–Crippen LogP) is 7.03. The zero-order valence-electron chi connectivity index (χ0n) is 19.9. The maximum Gasteiger partial charge on any atom is 0.347 e. The molecule has 0 aliphatic carbocycles. The molecule has 0 fully saturated rings. The lowest BCUT2D eigenvalue weighted by atomic mass is 10.1. The highest BCUT2D eigenvalue weighted by Gasteiger charge is 2.29. The van der Waals surface area contributed by atoms with Crippen molar-refractivity contribution in [2.45, 2.75) is 43.1 Å². The third-order valence-electron chi connectivity index (χ3n) is 5.75. The molecular weight excluding hydrogens is 446 g/mol. The van der Waals surface area contributed by atoms with Crippen LogP contribution in [0, 0.1) is 0 Å². The lowest BCUT2D eigenvalue weighted by molar-refractivity contribution is -0.152. The Morgan fingerprint density at radius 2 is 1.68 bits per heavy atom. The van der Waals surface area contributed by atoms with E-state index in [-0.39, 0.29) is 0 Å². The second kappa shape index (κ2) is 9.85. The van der Waals surface area contributed by atoms with E-state index < -0.39 is 11.6 Å². The molecule has 0 aromatic heterocycles. The van der Waals surface area contributed by atoms with Crippen LogP contribution in [0.5, 0.6) is 11.5 Å². The number of allylic oxidation sites excluding steroid dienone is 1. The van der Waals surface area contributed by atoms with Crippen LogP contribution in [0.3, 0.4) is 0 Å². The minimum atomic E-state index is -1.29. The second-order valence-corrected chi connectivity index (χ2v) is 9.67. The van der Waals surface area contributed by atoms with Gasteiger partial charge in [0, 0.05) is 16.3 Å². The van der Waals surface area contributed by atoms with Gasteiger partial charge >= 0.3 is 5.97 Å². The highest BCUT2D eigenvalue weighted by molar-refractivity contribution is 7.99. The molecule has 1 heterocycles. The van der Waals surface area contributed by atoms with Crippen molar-refractivity contribution in [1.29, 1.82) is 0 Å². The monoisotopic (exact) mass is 475 g/mol. The molecule has 6 heteroatoms. The molecule has 34 heavy (non-hydrogen) atoms. The van der Waals surface area contributed by atoms with Crippen LogP contribution >= 0.6 is 11.8 Å². The molecule has 0 saturated heterocycles. The van der Waals surface area contributed by atoms with E-state index in [4.69, 9.17) is 9.47 Å². The van der Waals surface area contributed by atoms with E-state index in [1.807, 2.05) is 11.8 Å². The van der Waals surface area contributed by atoms with E-state index in [0.717, 1.165) is 12.1 Å². The molecule has 3 aromatic rings. The number of ether oxygens (including phenoxy) is 2. The van der Waals surface area contributed by atoms with Crippen molar-refractivity contribution in [3.8, 4) is 11.5 Å². The SMILES string of the molecule is CCN1c2ccccc2Sc2ccc(C(C)=CCOc3ccc(OC(C)(C)C(=O)O)cc3)cc21. The highest BCUT2D eigenvalue weighted by atomic mass is 32.2. The van der Waals surface area contributed by atoms with Gasteiger partial charge in [-0.2, -0.15) is 0 Å². The number of fused-ring (bicyclic) bond motifs is 2. The summed E-state index contributed by atoms with van der Waals surface area (Å²) >= 11 is 1.81. The topological polar surface area (TPSA) is 59.0 Å². The first-order chi connectivity index (χ1) is 16.3. The number of rotatable bonds is 8. The van der Waals surface area contributed by atoms with E-state index >= 15 is 0 Å². The Balaban J connectivity index is 1.42. The summed E-state index contributed by atoms with van der Waals surface area (Å²) in [6, 6.07) is 22.1. The maximum absolute atomic E-state index is 11.2. The average molecular weight is 476 g/mol. The first kappa shape index (κ1) is 23.8. The average Bonchev–Trinajstić information content (AvgIpc) is 2.83. The molecule has 4 rings (SSSR count). The Labute approximate surface area is 205 Å². The standard InChI is InChI=1S/C28H29NO4S/c1-5-29-23-8-6-7-9-25(23)34-26-15-10-20(18-24(26)29)19(2)16-17-32-21-11-13-22(14-12-21)33-28(3,4)27(30)31/h6-16,18H,5,17H2,1-4H3,(H,30,31). The van der Waals surface area contributed by atoms with Crippen LogP contribution in [0.1, 0.15) is 33.3 Å². The molecule has 0 radical (unpaired) electrons. The summed E-state index contributed by atoms with van der Waals surface area (Å²) in [5.74, 6) is 0.168. The summed E-state index contributed by atoms with van der Waals surface area (Å²) in [4.78, 5) is 16.1. The van der Waals surface area contributed by atoms with E-state index in [1.165, 1.54) is 40.6 Å². The van der Waals surface area contributed by atoms with E-state index in [9.17, 15) is 9.90 Å². The molecular formula is C28H29NO4S. The first-order valence-corrected chi connectivity index (χ1v) is 12.1. The normalized spacial score (nSPS) is 13.2. The zero-order chi connectivity index (χ0) is 24.3. The third-order valence-corrected chi connectivity index (χ3v) is 6.88. The fraction of sp³-hybridized carbons (Fsp3) is 0.250. The van der Waals surface area contributed by atoms with Crippen molar-refractivity contribution in [3.63, 3.8) is 0 Å². The lowest BCUT2D eigenvalue weighted by Crippen LogP contribution is -2.37. The molecule has 0 spiro atoms. The van der Waals surface area contributed by atoms with Crippen LogP contribution in [0.15, 0.2) is 82.6 Å². The number of anilines is 2. The molecule has 5 nitrogen and oxygen atoms in total. The molecule has 0 saturated carbocycles. The van der Waals surface area contributed by atoms with Gasteiger partial charge in [0.2, 0.25) is 0 Å². The second-order valence-electron chi connectivity index (χ2n) is 8.58. The summed E-state index contributed by atoms with van der Waals surface area (Å²) in [5.41, 5.74) is 3.51. The molecule has 0 atom stereocenters. The van der Waals surface area contributed by atoms with Crippen LogP contribution in [0.2, 0.25) is 0 Å². The van der Waals surface area contributed by atoms with Gasteiger partial charge in [0.05, 0.1) is 11.4 Å². The number of hydrogen-bond acceptors (Lipinski definition) is 5. The van der Waals surface area contributed by atoms with Crippen LogP contribution in [0.4, 0.5) is 11.4 Å². The van der Waals surface area contributed by atoms with Crippen molar-refractivity contribution in [2.75, 3.05) is 18.1 Å². The summed E-state index contributed by atoms with van der Waals surface area (Å²) in [6.07, 6.45) is 2.07. The predicted molar refractivity (Wildman–Crippen MR) is 138 cm³/mol.